The van der Waals surface area contributed by atoms with Gasteiger partial charge in [-0.05, 0) is 24.3 Å². The van der Waals surface area contributed by atoms with E-state index in [0.29, 0.717) is 16.7 Å². The molecule has 7 nitrogen and oxygen atoms in total. The van der Waals surface area contributed by atoms with Crippen LogP contribution in [0.3, 0.4) is 0 Å². The van der Waals surface area contributed by atoms with Crippen LogP contribution in [0.2, 0.25) is 0 Å². The Morgan fingerprint density at radius 3 is 2.48 bits per heavy atom. The van der Waals surface area contributed by atoms with Crippen molar-refractivity contribution < 1.29 is 14.0 Å². The van der Waals surface area contributed by atoms with E-state index in [0.717, 1.165) is 6.21 Å². The highest BCUT2D eigenvalue weighted by molar-refractivity contribution is 6.39. The van der Waals surface area contributed by atoms with Crippen LogP contribution in [0.5, 0.6) is 0 Å². The van der Waals surface area contributed by atoms with Crippen LogP contribution < -0.4 is 16.2 Å². The number of hydrazone groups is 1. The van der Waals surface area contributed by atoms with Crippen molar-refractivity contribution in [3.8, 4) is 0 Å². The molecule has 0 saturated heterocycles. The second kappa shape index (κ2) is 7.22. The molecule has 0 aliphatic rings. The van der Waals surface area contributed by atoms with Gasteiger partial charge in [0.15, 0.2) is 0 Å². The van der Waals surface area contributed by atoms with Gasteiger partial charge in [-0.1, -0.05) is 30.3 Å². The van der Waals surface area contributed by atoms with Gasteiger partial charge in [-0.3, -0.25) is 14.4 Å². The molecule has 7 heteroatoms. The summed E-state index contributed by atoms with van der Waals surface area (Å²) < 4.78 is 5.32. The molecule has 0 bridgehead atoms. The number of nitrogens with zero attached hydrogens (tertiary/aromatic N) is 1. The van der Waals surface area contributed by atoms with E-state index in [4.69, 9.17) is 4.42 Å². The van der Waals surface area contributed by atoms with E-state index in [2.05, 4.69) is 15.8 Å². The lowest BCUT2D eigenvalue weighted by molar-refractivity contribution is -0.136. The van der Waals surface area contributed by atoms with Gasteiger partial charge in [0.05, 0.1) is 17.2 Å². The SMILES string of the molecule is O=C(N/N=C/c1coc2ccccc2c1=O)C(=O)Nc1ccccc1. The average molecular weight is 335 g/mol. The average Bonchev–Trinajstić information content (AvgIpc) is 2.64. The van der Waals surface area contributed by atoms with Crippen LogP contribution in [0.1, 0.15) is 5.56 Å². The summed E-state index contributed by atoms with van der Waals surface area (Å²) >= 11 is 0. The number of hydrogen-bond acceptors (Lipinski definition) is 5. The lowest BCUT2D eigenvalue weighted by Gasteiger charge is -2.03. The highest BCUT2D eigenvalue weighted by Gasteiger charge is 2.12. The largest absolute Gasteiger partial charge is 0.463 e. The molecule has 2 N–H and O–H groups in total. The maximum absolute atomic E-state index is 12.2. The van der Waals surface area contributed by atoms with Crippen LogP contribution in [-0.4, -0.2) is 18.0 Å². The minimum atomic E-state index is -0.953. The van der Waals surface area contributed by atoms with E-state index < -0.39 is 11.8 Å². The first kappa shape index (κ1) is 16.1. The number of fused-ring (bicyclic) bond motifs is 1. The maximum atomic E-state index is 12.2. The smallest absolute Gasteiger partial charge is 0.329 e. The maximum Gasteiger partial charge on any atom is 0.329 e. The van der Waals surface area contributed by atoms with Crippen molar-refractivity contribution in [2.24, 2.45) is 5.10 Å². The predicted molar refractivity (Wildman–Crippen MR) is 93.3 cm³/mol. The second-order valence-corrected chi connectivity index (χ2v) is 5.04. The predicted octanol–water partition coefficient (Wildman–Crippen LogP) is 1.88. The molecular weight excluding hydrogens is 322 g/mol. The first-order chi connectivity index (χ1) is 12.1. The molecule has 0 radical (unpaired) electrons. The van der Waals surface area contributed by atoms with Crippen molar-refractivity contribution in [3.05, 3.63) is 76.6 Å². The molecule has 124 valence electrons. The molecule has 0 fully saturated rings. The topological polar surface area (TPSA) is 101 Å². The van der Waals surface area contributed by atoms with Crippen LogP contribution >= 0.6 is 0 Å². The lowest BCUT2D eigenvalue weighted by Crippen LogP contribution is -2.32. The van der Waals surface area contributed by atoms with E-state index in [9.17, 15) is 14.4 Å². The third-order valence-electron chi connectivity index (χ3n) is 3.31. The fourth-order valence-corrected chi connectivity index (χ4v) is 2.10. The van der Waals surface area contributed by atoms with Crippen molar-refractivity contribution in [3.63, 3.8) is 0 Å². The molecule has 0 aliphatic heterocycles. The number of hydrogen-bond donors (Lipinski definition) is 2. The normalized spacial score (nSPS) is 10.7. The molecule has 3 rings (SSSR count). The van der Waals surface area contributed by atoms with E-state index in [1.807, 2.05) is 0 Å². The quantitative estimate of drug-likeness (QED) is 0.433. The van der Waals surface area contributed by atoms with Gasteiger partial charge in [-0.25, -0.2) is 5.43 Å². The molecule has 0 aliphatic carbocycles. The van der Waals surface area contributed by atoms with Crippen molar-refractivity contribution in [1.82, 2.24) is 5.43 Å². The highest BCUT2D eigenvalue weighted by atomic mass is 16.3. The van der Waals surface area contributed by atoms with Crippen LogP contribution in [0, 0.1) is 0 Å². The third-order valence-corrected chi connectivity index (χ3v) is 3.31. The van der Waals surface area contributed by atoms with Crippen LogP contribution in [0.15, 0.2) is 75.2 Å². The summed E-state index contributed by atoms with van der Waals surface area (Å²) in [5.41, 5.74) is 2.88. The van der Waals surface area contributed by atoms with E-state index >= 15 is 0 Å². The first-order valence-electron chi connectivity index (χ1n) is 7.35. The Hall–Kier alpha value is -3.74. The van der Waals surface area contributed by atoms with Gasteiger partial charge in [0.1, 0.15) is 11.8 Å². The molecule has 3 aromatic rings. The van der Waals surface area contributed by atoms with Gasteiger partial charge in [0.2, 0.25) is 5.43 Å². The Balaban J connectivity index is 1.67. The van der Waals surface area contributed by atoms with E-state index in [1.54, 1.807) is 54.6 Å². The van der Waals surface area contributed by atoms with Gasteiger partial charge >= 0.3 is 11.8 Å². The summed E-state index contributed by atoms with van der Waals surface area (Å²) in [6.45, 7) is 0. The summed E-state index contributed by atoms with van der Waals surface area (Å²) in [5.74, 6) is -1.82. The first-order valence-corrected chi connectivity index (χ1v) is 7.35. The molecule has 2 aromatic carbocycles. The van der Waals surface area contributed by atoms with Crippen molar-refractivity contribution >= 4 is 34.7 Å². The number of para-hydroxylation sites is 2. The summed E-state index contributed by atoms with van der Waals surface area (Å²) in [4.78, 5) is 35.7. The third kappa shape index (κ3) is 3.78. The van der Waals surface area contributed by atoms with Crippen molar-refractivity contribution in [2.45, 2.75) is 0 Å². The summed E-state index contributed by atoms with van der Waals surface area (Å²) in [7, 11) is 0. The van der Waals surface area contributed by atoms with Crippen LogP contribution in [0.4, 0.5) is 5.69 Å². The molecule has 2 amide bonds. The number of benzene rings is 2. The number of rotatable bonds is 3. The van der Waals surface area contributed by atoms with Crippen molar-refractivity contribution in [1.29, 1.82) is 0 Å². The molecule has 1 aromatic heterocycles. The standard InChI is InChI=1S/C18H13N3O4/c22-16-12(11-25-15-9-5-4-8-14(15)16)10-19-21-18(24)17(23)20-13-6-2-1-3-7-13/h1-11H,(H,20,23)(H,21,24)/b19-10+. The zero-order chi connectivity index (χ0) is 17.6. The summed E-state index contributed by atoms with van der Waals surface area (Å²) in [5, 5.41) is 6.45. The molecule has 0 saturated carbocycles. The van der Waals surface area contributed by atoms with Gasteiger partial charge in [0, 0.05) is 5.69 Å². The monoisotopic (exact) mass is 335 g/mol. The van der Waals surface area contributed by atoms with Crippen molar-refractivity contribution in [2.75, 3.05) is 5.32 Å². The fraction of sp³-hybridized carbons (Fsp3) is 0. The zero-order valence-electron chi connectivity index (χ0n) is 12.9. The Morgan fingerprint density at radius 1 is 0.960 bits per heavy atom. The van der Waals surface area contributed by atoms with Crippen LogP contribution in [0.25, 0.3) is 11.0 Å². The molecule has 0 spiro atoms. The Morgan fingerprint density at radius 2 is 1.68 bits per heavy atom. The van der Waals surface area contributed by atoms with Gasteiger partial charge < -0.3 is 9.73 Å². The minimum Gasteiger partial charge on any atom is -0.463 e. The molecule has 0 unspecified atom stereocenters. The fourth-order valence-electron chi connectivity index (χ4n) is 2.10. The second-order valence-electron chi connectivity index (χ2n) is 5.04. The Bertz CT molecular complexity index is 1010. The molecule has 25 heavy (non-hydrogen) atoms. The lowest BCUT2D eigenvalue weighted by atomic mass is 10.2. The van der Waals surface area contributed by atoms with E-state index in [1.165, 1.54) is 6.26 Å². The van der Waals surface area contributed by atoms with Gasteiger partial charge in [-0.15, -0.1) is 0 Å². The number of carbonyl (C=O) groups is 2. The minimum absolute atomic E-state index is 0.155. The Labute approximate surface area is 142 Å². The molecule has 1 heterocycles. The van der Waals surface area contributed by atoms with E-state index in [-0.39, 0.29) is 11.0 Å². The number of anilines is 1. The van der Waals surface area contributed by atoms with Gasteiger partial charge in [-0.2, -0.15) is 5.10 Å². The summed E-state index contributed by atoms with van der Waals surface area (Å²) in [6.07, 6.45) is 2.37. The molecule has 0 atom stereocenters. The Kier molecular flexibility index (Phi) is 4.66. The number of carbonyl (C=O) groups excluding carboxylic acids is 2. The molecular formula is C18H13N3O4. The van der Waals surface area contributed by atoms with Crippen LogP contribution in [-0.2, 0) is 9.59 Å². The number of nitrogens with one attached hydrogen (secondary N) is 2. The highest BCUT2D eigenvalue weighted by Crippen LogP contribution is 2.09. The summed E-state index contributed by atoms with van der Waals surface area (Å²) in [6, 6.07) is 15.3. The zero-order valence-corrected chi connectivity index (χ0v) is 12.9. The van der Waals surface area contributed by atoms with Gasteiger partial charge in [0.25, 0.3) is 0 Å². The number of amides is 2.